The molecule has 0 fully saturated rings. The fourth-order valence-electron chi connectivity index (χ4n) is 3.95. The van der Waals surface area contributed by atoms with Crippen LogP contribution in [0.2, 0.25) is 0 Å². The zero-order chi connectivity index (χ0) is 24.8. The molecular weight excluding hydrogens is 442 g/mol. The number of esters is 1. The Kier molecular flexibility index (Phi) is 7.31. The maximum Gasteiger partial charge on any atom is 0.339 e. The molecule has 0 aliphatic rings. The van der Waals surface area contributed by atoms with Crippen molar-refractivity contribution in [1.29, 1.82) is 0 Å². The second-order valence-corrected chi connectivity index (χ2v) is 8.15. The number of carbonyl (C=O) groups excluding carboxylic acids is 2. The number of rotatable bonds is 9. The number of ketones is 1. The lowest BCUT2D eigenvalue weighted by molar-refractivity contribution is -0.135. The van der Waals surface area contributed by atoms with Gasteiger partial charge in [-0.2, -0.15) is 0 Å². The second kappa shape index (κ2) is 10.7. The number of furan rings is 1. The molecule has 178 valence electrons. The third-order valence-corrected chi connectivity index (χ3v) is 5.81. The maximum absolute atomic E-state index is 13.1. The second-order valence-electron chi connectivity index (χ2n) is 8.15. The van der Waals surface area contributed by atoms with Gasteiger partial charge in [-0.1, -0.05) is 42.5 Å². The Morgan fingerprint density at radius 2 is 1.77 bits per heavy atom. The molecule has 0 aliphatic heterocycles. The van der Waals surface area contributed by atoms with Gasteiger partial charge in [-0.15, -0.1) is 0 Å². The number of aryl methyl sites for hydroxylation is 1. The molecule has 0 spiro atoms. The van der Waals surface area contributed by atoms with E-state index in [2.05, 4.69) is 0 Å². The summed E-state index contributed by atoms with van der Waals surface area (Å²) in [6.45, 7) is 3.98. The summed E-state index contributed by atoms with van der Waals surface area (Å²) in [7, 11) is 1.59. The molecule has 35 heavy (non-hydrogen) atoms. The number of nitrogens with zero attached hydrogens (tertiary/aromatic N) is 1. The number of methoxy groups -OCH3 is 1. The Hall–Kier alpha value is -4.32. The summed E-state index contributed by atoms with van der Waals surface area (Å²) >= 11 is 0. The summed E-state index contributed by atoms with van der Waals surface area (Å²) in [6, 6.07) is 22.2. The number of ether oxygens (including phenoxy) is 2. The van der Waals surface area contributed by atoms with E-state index in [1.807, 2.05) is 91.2 Å². The Balaban J connectivity index is 1.53. The Bertz CT molecular complexity index is 1350. The van der Waals surface area contributed by atoms with Crippen molar-refractivity contribution in [1.82, 2.24) is 4.57 Å². The van der Waals surface area contributed by atoms with E-state index in [-0.39, 0.29) is 12.4 Å². The van der Waals surface area contributed by atoms with Crippen LogP contribution in [-0.4, -0.2) is 30.0 Å². The highest BCUT2D eigenvalue weighted by Gasteiger charge is 2.20. The van der Waals surface area contributed by atoms with E-state index in [1.165, 1.54) is 0 Å². The topological polar surface area (TPSA) is 70.7 Å². The summed E-state index contributed by atoms with van der Waals surface area (Å²) < 4.78 is 18.2. The van der Waals surface area contributed by atoms with Gasteiger partial charge < -0.3 is 18.5 Å². The molecule has 0 N–H and O–H groups in total. The van der Waals surface area contributed by atoms with Gasteiger partial charge in [0.1, 0.15) is 11.5 Å². The molecule has 0 radical (unpaired) electrons. The van der Waals surface area contributed by atoms with Gasteiger partial charge in [0.05, 0.1) is 25.5 Å². The molecule has 0 atom stereocenters. The first-order valence-electron chi connectivity index (χ1n) is 11.3. The van der Waals surface area contributed by atoms with E-state index in [4.69, 9.17) is 13.9 Å². The molecule has 2 aromatic carbocycles. The van der Waals surface area contributed by atoms with E-state index >= 15 is 0 Å². The minimum atomic E-state index is -0.572. The normalized spacial score (nSPS) is 11.3. The van der Waals surface area contributed by atoms with Crippen LogP contribution in [-0.2, 0) is 16.1 Å². The molecule has 2 aromatic heterocycles. The number of benzene rings is 2. The van der Waals surface area contributed by atoms with Crippen LogP contribution in [0.5, 0.6) is 5.75 Å². The zero-order valence-electron chi connectivity index (χ0n) is 20.0. The van der Waals surface area contributed by atoms with Crippen molar-refractivity contribution >= 4 is 23.4 Å². The molecule has 6 nitrogen and oxygen atoms in total. The van der Waals surface area contributed by atoms with E-state index in [0.29, 0.717) is 29.0 Å². The lowest BCUT2D eigenvalue weighted by Crippen LogP contribution is -2.16. The predicted molar refractivity (Wildman–Crippen MR) is 134 cm³/mol. The molecule has 0 saturated heterocycles. The lowest BCUT2D eigenvalue weighted by Gasteiger charge is -2.10. The first kappa shape index (κ1) is 23.8. The van der Waals surface area contributed by atoms with Crippen LogP contribution >= 0.6 is 0 Å². The van der Waals surface area contributed by atoms with Crippen molar-refractivity contribution in [2.24, 2.45) is 0 Å². The van der Waals surface area contributed by atoms with Crippen molar-refractivity contribution in [2.75, 3.05) is 13.7 Å². The molecule has 0 bridgehead atoms. The molecule has 0 amide bonds. The van der Waals surface area contributed by atoms with E-state index < -0.39 is 5.97 Å². The highest BCUT2D eigenvalue weighted by atomic mass is 16.5. The monoisotopic (exact) mass is 469 g/mol. The Labute approximate surface area is 204 Å². The summed E-state index contributed by atoms with van der Waals surface area (Å²) in [5.74, 6) is 0.648. The molecule has 2 heterocycles. The molecule has 0 unspecified atom stereocenters. The highest BCUT2D eigenvalue weighted by molar-refractivity contribution is 6.22. The van der Waals surface area contributed by atoms with Gasteiger partial charge in [0.25, 0.3) is 0 Å². The van der Waals surface area contributed by atoms with Crippen LogP contribution in [0.15, 0.2) is 83.5 Å². The van der Waals surface area contributed by atoms with Gasteiger partial charge in [-0.05, 0) is 61.4 Å². The first-order chi connectivity index (χ1) is 17.0. The van der Waals surface area contributed by atoms with Crippen LogP contribution in [0, 0.1) is 13.8 Å². The van der Waals surface area contributed by atoms with E-state index in [9.17, 15) is 9.59 Å². The van der Waals surface area contributed by atoms with E-state index in [1.54, 1.807) is 19.4 Å². The van der Waals surface area contributed by atoms with E-state index in [0.717, 1.165) is 22.7 Å². The standard InChI is InChI=1S/C29H27NO5/c1-20-15-26(21(2)30(20)18-25-13-8-14-34-25)28(31)19-35-29(32)27(23-10-5-4-6-11-23)17-22-9-7-12-24(16-22)33-3/h4-17H,18-19H2,1-3H3. The average Bonchev–Trinajstić information content (AvgIpc) is 3.50. The quantitative estimate of drug-likeness (QED) is 0.136. The largest absolute Gasteiger partial charge is 0.497 e. The summed E-state index contributed by atoms with van der Waals surface area (Å²) in [4.78, 5) is 26.1. The summed E-state index contributed by atoms with van der Waals surface area (Å²) in [5.41, 5.74) is 4.10. The third kappa shape index (κ3) is 5.61. The predicted octanol–water partition coefficient (Wildman–Crippen LogP) is 5.72. The maximum atomic E-state index is 13.1. The number of aromatic nitrogens is 1. The number of Topliss-reactive ketones (excluding diaryl/α,β-unsaturated/α-hetero) is 1. The highest BCUT2D eigenvalue weighted by Crippen LogP contribution is 2.23. The molecule has 4 aromatic rings. The van der Waals surface area contributed by atoms with Crippen molar-refractivity contribution in [3.8, 4) is 5.75 Å². The minimum absolute atomic E-state index is 0.258. The molecule has 6 heteroatoms. The SMILES string of the molecule is COc1cccc(C=C(C(=O)OCC(=O)c2cc(C)n(Cc3ccco3)c2C)c2ccccc2)c1. The van der Waals surface area contributed by atoms with Crippen molar-refractivity contribution in [2.45, 2.75) is 20.4 Å². The van der Waals surface area contributed by atoms with Gasteiger partial charge in [-0.3, -0.25) is 4.79 Å². The Morgan fingerprint density at radius 1 is 0.971 bits per heavy atom. The van der Waals surface area contributed by atoms with Crippen molar-refractivity contribution in [3.63, 3.8) is 0 Å². The van der Waals surface area contributed by atoms with Crippen molar-refractivity contribution in [3.05, 3.63) is 113 Å². The van der Waals surface area contributed by atoms with Gasteiger partial charge in [0, 0.05) is 17.0 Å². The number of hydrogen-bond acceptors (Lipinski definition) is 5. The molecular formula is C29H27NO5. The first-order valence-corrected chi connectivity index (χ1v) is 11.3. The van der Waals surface area contributed by atoms with Gasteiger partial charge in [-0.25, -0.2) is 4.79 Å². The average molecular weight is 470 g/mol. The number of carbonyl (C=O) groups is 2. The van der Waals surface area contributed by atoms with Gasteiger partial charge in [0.2, 0.25) is 5.78 Å². The van der Waals surface area contributed by atoms with Crippen molar-refractivity contribution < 1.29 is 23.5 Å². The number of hydrogen-bond donors (Lipinski definition) is 0. The van der Waals surface area contributed by atoms with Crippen LogP contribution in [0.1, 0.15) is 38.6 Å². The van der Waals surface area contributed by atoms with Crippen LogP contribution in [0.3, 0.4) is 0 Å². The minimum Gasteiger partial charge on any atom is -0.497 e. The van der Waals surface area contributed by atoms with Gasteiger partial charge >= 0.3 is 5.97 Å². The molecule has 0 aliphatic carbocycles. The van der Waals surface area contributed by atoms with Crippen LogP contribution in [0.25, 0.3) is 11.6 Å². The Morgan fingerprint density at radius 3 is 2.49 bits per heavy atom. The fourth-order valence-corrected chi connectivity index (χ4v) is 3.95. The summed E-state index contributed by atoms with van der Waals surface area (Å²) in [5, 5.41) is 0. The lowest BCUT2D eigenvalue weighted by atomic mass is 10.0. The summed E-state index contributed by atoms with van der Waals surface area (Å²) in [6.07, 6.45) is 3.36. The zero-order valence-corrected chi connectivity index (χ0v) is 20.0. The molecule has 0 saturated carbocycles. The van der Waals surface area contributed by atoms with Gasteiger partial charge in [0.15, 0.2) is 6.61 Å². The van der Waals surface area contributed by atoms with Crippen LogP contribution < -0.4 is 4.74 Å². The van der Waals surface area contributed by atoms with Crippen LogP contribution in [0.4, 0.5) is 0 Å². The molecule has 4 rings (SSSR count). The third-order valence-electron chi connectivity index (χ3n) is 5.81. The fraction of sp³-hybridized carbons (Fsp3) is 0.172. The smallest absolute Gasteiger partial charge is 0.339 e.